The molecule has 4 aliphatic rings. The zero-order chi connectivity index (χ0) is 24.9. The minimum atomic E-state index is -0.943. The highest BCUT2D eigenvalue weighted by Gasteiger charge is 2.48. The number of pyridine rings is 1. The van der Waals surface area contributed by atoms with E-state index in [1.54, 1.807) is 6.20 Å². The second kappa shape index (κ2) is 9.82. The van der Waals surface area contributed by atoms with Crippen LogP contribution in [0, 0.1) is 17.8 Å². The number of alkyl halides is 1. The number of carbonyl (C=O) groups excluding carboxylic acids is 1. The van der Waals surface area contributed by atoms with Crippen LogP contribution in [0.25, 0.3) is 10.8 Å². The van der Waals surface area contributed by atoms with Gasteiger partial charge in [-0.2, -0.15) is 0 Å². The van der Waals surface area contributed by atoms with Crippen molar-refractivity contribution in [1.82, 2.24) is 9.88 Å². The lowest BCUT2D eigenvalue weighted by molar-refractivity contribution is -0.117. The standard InChI is InChI=1S/C28H35ClFN3O3/c1-28(16-36-15-25(28)30)33-6-2-17(3-7-33)22-10-19-12-26(31-14-20(19)11-24(22)29)32-27(34)23-13-21(23)18-4-8-35-9-5-18/h10-12,14,17-18,21,23,25H,2-9,13,15-16H2,1H3,(H,31,32,34)/t21-,23-,25+,28-/m0/s1. The number of hydrogen-bond acceptors (Lipinski definition) is 5. The molecule has 8 heteroatoms. The maximum atomic E-state index is 14.5. The van der Waals surface area contributed by atoms with Crippen LogP contribution in [0.4, 0.5) is 10.2 Å². The third kappa shape index (κ3) is 4.64. The molecule has 0 radical (unpaired) electrons. The van der Waals surface area contributed by atoms with Crippen molar-refractivity contribution in [3.8, 4) is 0 Å². The lowest BCUT2D eigenvalue weighted by Crippen LogP contribution is -2.55. The number of ether oxygens (including phenoxy) is 2. The molecular formula is C28H35ClFN3O3. The van der Waals surface area contributed by atoms with E-state index in [2.05, 4.69) is 21.3 Å². The molecule has 194 valence electrons. The van der Waals surface area contributed by atoms with Gasteiger partial charge < -0.3 is 14.8 Å². The Morgan fingerprint density at radius 1 is 1.14 bits per heavy atom. The lowest BCUT2D eigenvalue weighted by atomic mass is 9.85. The Morgan fingerprint density at radius 2 is 1.92 bits per heavy atom. The molecule has 6 nitrogen and oxygen atoms in total. The number of carbonyl (C=O) groups is 1. The van der Waals surface area contributed by atoms with Gasteiger partial charge in [-0.15, -0.1) is 0 Å². The number of anilines is 1. The molecule has 0 unspecified atom stereocenters. The van der Waals surface area contributed by atoms with E-state index in [0.29, 0.717) is 30.2 Å². The van der Waals surface area contributed by atoms with Gasteiger partial charge in [0.15, 0.2) is 0 Å². The molecule has 0 bridgehead atoms. The maximum absolute atomic E-state index is 14.5. The number of fused-ring (bicyclic) bond motifs is 1. The molecule has 6 rings (SSSR count). The van der Waals surface area contributed by atoms with E-state index < -0.39 is 11.7 Å². The second-order valence-electron chi connectivity index (χ2n) is 11.3. The fourth-order valence-corrected chi connectivity index (χ4v) is 6.92. The van der Waals surface area contributed by atoms with Gasteiger partial charge in [-0.05, 0) is 99.0 Å². The summed E-state index contributed by atoms with van der Waals surface area (Å²) < 4.78 is 25.4. The van der Waals surface area contributed by atoms with Crippen molar-refractivity contribution in [2.75, 3.05) is 44.8 Å². The van der Waals surface area contributed by atoms with Crippen LogP contribution in [-0.2, 0) is 14.3 Å². The van der Waals surface area contributed by atoms with E-state index >= 15 is 0 Å². The zero-order valence-electron chi connectivity index (χ0n) is 20.8. The monoisotopic (exact) mass is 515 g/mol. The van der Waals surface area contributed by atoms with Crippen molar-refractivity contribution in [2.24, 2.45) is 17.8 Å². The summed E-state index contributed by atoms with van der Waals surface area (Å²) in [5, 5.41) is 5.79. The predicted molar refractivity (Wildman–Crippen MR) is 138 cm³/mol. The van der Waals surface area contributed by atoms with E-state index in [9.17, 15) is 9.18 Å². The molecule has 3 aliphatic heterocycles. The Hall–Kier alpha value is -1.80. The highest BCUT2D eigenvalue weighted by Crippen LogP contribution is 2.48. The number of amides is 1. The Morgan fingerprint density at radius 3 is 2.64 bits per heavy atom. The van der Waals surface area contributed by atoms with Crippen LogP contribution in [0.15, 0.2) is 24.4 Å². The molecule has 4 atom stereocenters. The zero-order valence-corrected chi connectivity index (χ0v) is 21.6. The van der Waals surface area contributed by atoms with Crippen molar-refractivity contribution in [3.05, 3.63) is 35.0 Å². The normalized spacial score (nSPS) is 32.1. The fourth-order valence-electron chi connectivity index (χ4n) is 6.59. The summed E-state index contributed by atoms with van der Waals surface area (Å²) in [6.45, 7) is 5.90. The molecule has 4 fully saturated rings. The van der Waals surface area contributed by atoms with E-state index in [0.717, 1.165) is 79.8 Å². The third-order valence-corrected chi connectivity index (χ3v) is 9.45. The summed E-state index contributed by atoms with van der Waals surface area (Å²) in [5.41, 5.74) is 0.598. The number of aromatic nitrogens is 1. The topological polar surface area (TPSA) is 63.7 Å². The van der Waals surface area contributed by atoms with Gasteiger partial charge in [-0.1, -0.05) is 11.6 Å². The average Bonchev–Trinajstić information content (AvgIpc) is 3.63. The Balaban J connectivity index is 1.13. The number of halogens is 2. The average molecular weight is 516 g/mol. The SMILES string of the molecule is C[C@]1(N2CCC(c3cc4cc(NC(=O)[C@H]5C[C@H]5C5CCOCC5)ncc4cc3Cl)CC2)COC[C@H]1F. The summed E-state index contributed by atoms with van der Waals surface area (Å²) in [4.78, 5) is 19.6. The summed E-state index contributed by atoms with van der Waals surface area (Å²) in [6.07, 6.45) is 5.79. The van der Waals surface area contributed by atoms with Gasteiger partial charge in [0.2, 0.25) is 5.91 Å². The molecular weight excluding hydrogens is 481 g/mol. The first-order chi connectivity index (χ1) is 17.4. The number of nitrogens with zero attached hydrogens (tertiary/aromatic N) is 2. The summed E-state index contributed by atoms with van der Waals surface area (Å²) in [6, 6.07) is 6.08. The van der Waals surface area contributed by atoms with Gasteiger partial charge in [0.25, 0.3) is 0 Å². The van der Waals surface area contributed by atoms with Crippen LogP contribution in [0.5, 0.6) is 0 Å². The molecule has 1 aromatic carbocycles. The van der Waals surface area contributed by atoms with E-state index in [4.69, 9.17) is 21.1 Å². The van der Waals surface area contributed by atoms with Crippen LogP contribution < -0.4 is 5.32 Å². The van der Waals surface area contributed by atoms with Gasteiger partial charge >= 0.3 is 0 Å². The molecule has 1 saturated carbocycles. The molecule has 1 amide bonds. The number of rotatable bonds is 5. The number of piperidine rings is 1. The van der Waals surface area contributed by atoms with E-state index in [1.807, 2.05) is 19.1 Å². The molecule has 4 heterocycles. The van der Waals surface area contributed by atoms with Crippen molar-refractivity contribution < 1.29 is 18.7 Å². The Kier molecular flexibility index (Phi) is 6.69. The van der Waals surface area contributed by atoms with E-state index in [-0.39, 0.29) is 18.4 Å². The first-order valence-corrected chi connectivity index (χ1v) is 13.7. The van der Waals surface area contributed by atoms with Crippen LogP contribution >= 0.6 is 11.6 Å². The van der Waals surface area contributed by atoms with E-state index in [1.165, 1.54) is 0 Å². The first kappa shape index (κ1) is 24.5. The molecule has 2 aromatic rings. The molecule has 0 spiro atoms. The van der Waals surface area contributed by atoms with Crippen molar-refractivity contribution >= 4 is 34.1 Å². The largest absolute Gasteiger partial charge is 0.381 e. The maximum Gasteiger partial charge on any atom is 0.228 e. The van der Waals surface area contributed by atoms with Gasteiger partial charge in [0, 0.05) is 35.7 Å². The highest BCUT2D eigenvalue weighted by atomic mass is 35.5. The minimum absolute atomic E-state index is 0.0791. The highest BCUT2D eigenvalue weighted by molar-refractivity contribution is 6.32. The quantitative estimate of drug-likeness (QED) is 0.593. The number of hydrogen-bond donors (Lipinski definition) is 1. The van der Waals surface area contributed by atoms with Crippen LogP contribution in [-0.4, -0.2) is 67.0 Å². The second-order valence-corrected chi connectivity index (χ2v) is 11.7. The molecule has 3 saturated heterocycles. The fraction of sp³-hybridized carbons (Fsp3) is 0.643. The Labute approximate surface area is 216 Å². The first-order valence-electron chi connectivity index (χ1n) is 13.4. The number of benzene rings is 1. The van der Waals surface area contributed by atoms with Gasteiger partial charge in [-0.25, -0.2) is 9.37 Å². The molecule has 1 aliphatic carbocycles. The summed E-state index contributed by atoms with van der Waals surface area (Å²) in [5.74, 6) is 2.17. The van der Waals surface area contributed by atoms with Crippen molar-refractivity contribution in [2.45, 2.75) is 56.7 Å². The smallest absolute Gasteiger partial charge is 0.228 e. The predicted octanol–water partition coefficient (Wildman–Crippen LogP) is 5.20. The van der Waals surface area contributed by atoms with Crippen LogP contribution in [0.2, 0.25) is 5.02 Å². The Bertz CT molecular complexity index is 1130. The number of nitrogens with one attached hydrogen (secondary N) is 1. The molecule has 36 heavy (non-hydrogen) atoms. The van der Waals surface area contributed by atoms with Gasteiger partial charge in [0.1, 0.15) is 12.0 Å². The minimum Gasteiger partial charge on any atom is -0.381 e. The summed E-state index contributed by atoms with van der Waals surface area (Å²) in [7, 11) is 0. The van der Waals surface area contributed by atoms with Gasteiger partial charge in [-0.3, -0.25) is 9.69 Å². The lowest BCUT2D eigenvalue weighted by Gasteiger charge is -2.43. The van der Waals surface area contributed by atoms with Gasteiger partial charge in [0.05, 0.1) is 18.8 Å². The van der Waals surface area contributed by atoms with Crippen molar-refractivity contribution in [1.29, 1.82) is 0 Å². The number of likely N-dealkylation sites (tertiary alicyclic amines) is 1. The molecule has 1 aromatic heterocycles. The third-order valence-electron chi connectivity index (χ3n) is 9.13. The summed E-state index contributed by atoms with van der Waals surface area (Å²) >= 11 is 6.71. The van der Waals surface area contributed by atoms with Crippen LogP contribution in [0.1, 0.15) is 50.5 Å². The molecule has 1 N–H and O–H groups in total. The van der Waals surface area contributed by atoms with Crippen LogP contribution in [0.3, 0.4) is 0 Å². The van der Waals surface area contributed by atoms with Crippen molar-refractivity contribution in [3.63, 3.8) is 0 Å².